The molecule has 4 heteroatoms. The minimum atomic E-state index is -0.0204. The molecule has 2 aromatic rings. The van der Waals surface area contributed by atoms with Gasteiger partial charge < -0.3 is 15.2 Å². The van der Waals surface area contributed by atoms with Crippen molar-refractivity contribution in [2.24, 2.45) is 0 Å². The lowest BCUT2D eigenvalue weighted by molar-refractivity contribution is 0.0999. The van der Waals surface area contributed by atoms with Gasteiger partial charge in [-0.05, 0) is 42.2 Å². The van der Waals surface area contributed by atoms with Crippen molar-refractivity contribution < 1.29 is 9.84 Å². The molecule has 124 valence electrons. The minimum absolute atomic E-state index is 0.0204. The molecular formula is C19H24ClNO2. The minimum Gasteiger partial charge on any atom is -0.392 e. The Balaban J connectivity index is 1.87. The molecule has 2 unspecified atom stereocenters. The third-order valence-corrected chi connectivity index (χ3v) is 4.14. The molecule has 0 aliphatic rings. The molecule has 23 heavy (non-hydrogen) atoms. The van der Waals surface area contributed by atoms with Gasteiger partial charge in [0, 0.05) is 24.7 Å². The molecule has 0 saturated heterocycles. The van der Waals surface area contributed by atoms with E-state index >= 15 is 0 Å². The summed E-state index contributed by atoms with van der Waals surface area (Å²) in [6.07, 6.45) is 0.908. The van der Waals surface area contributed by atoms with E-state index in [0.29, 0.717) is 6.04 Å². The molecule has 0 amide bonds. The number of hydrogen-bond donors (Lipinski definition) is 2. The van der Waals surface area contributed by atoms with Gasteiger partial charge in [0.15, 0.2) is 0 Å². The maximum Gasteiger partial charge on any atom is 0.0946 e. The topological polar surface area (TPSA) is 41.5 Å². The lowest BCUT2D eigenvalue weighted by Crippen LogP contribution is -2.32. The number of methoxy groups -OCH3 is 1. The number of halogens is 1. The van der Waals surface area contributed by atoms with Gasteiger partial charge in [-0.3, -0.25) is 0 Å². The zero-order valence-electron chi connectivity index (χ0n) is 13.6. The summed E-state index contributed by atoms with van der Waals surface area (Å²) in [5.74, 6) is 0. The van der Waals surface area contributed by atoms with E-state index in [1.165, 1.54) is 5.56 Å². The number of aliphatic hydroxyl groups is 1. The van der Waals surface area contributed by atoms with Crippen LogP contribution >= 0.6 is 11.6 Å². The van der Waals surface area contributed by atoms with Crippen molar-refractivity contribution in [3.63, 3.8) is 0 Å². The van der Waals surface area contributed by atoms with Gasteiger partial charge in [-0.1, -0.05) is 48.0 Å². The second kappa shape index (κ2) is 9.04. The highest BCUT2D eigenvalue weighted by Gasteiger charge is 2.12. The molecule has 0 aromatic heterocycles. The zero-order valence-corrected chi connectivity index (χ0v) is 14.4. The fourth-order valence-electron chi connectivity index (χ4n) is 2.56. The number of ether oxygens (including phenoxy) is 1. The van der Waals surface area contributed by atoms with Crippen molar-refractivity contribution in [1.29, 1.82) is 0 Å². The Morgan fingerprint density at radius 3 is 2.43 bits per heavy atom. The van der Waals surface area contributed by atoms with E-state index in [9.17, 15) is 0 Å². The van der Waals surface area contributed by atoms with E-state index in [0.717, 1.165) is 29.1 Å². The number of nitrogens with one attached hydrogen (secondary N) is 1. The Bertz CT molecular complexity index is 601. The zero-order chi connectivity index (χ0) is 16.7. The first-order valence-electron chi connectivity index (χ1n) is 7.82. The van der Waals surface area contributed by atoms with Gasteiger partial charge in [-0.2, -0.15) is 0 Å². The summed E-state index contributed by atoms with van der Waals surface area (Å²) in [6, 6.07) is 16.2. The maximum atomic E-state index is 9.07. The highest BCUT2D eigenvalue weighted by Crippen LogP contribution is 2.20. The largest absolute Gasteiger partial charge is 0.392 e. The van der Waals surface area contributed by atoms with Crippen molar-refractivity contribution in [1.82, 2.24) is 5.32 Å². The normalized spacial score (nSPS) is 13.7. The van der Waals surface area contributed by atoms with Crippen LogP contribution in [0.2, 0.25) is 5.02 Å². The Labute approximate surface area is 143 Å². The standard InChI is InChI=1S/C19H24ClNO2/c1-14(10-15-6-8-16(13-22)9-7-15)21-12-19(23-2)17-4-3-5-18(20)11-17/h3-9,11,14,19,21-22H,10,12-13H2,1-2H3. The average Bonchev–Trinajstić information content (AvgIpc) is 2.56. The molecule has 0 heterocycles. The summed E-state index contributed by atoms with van der Waals surface area (Å²) in [6.45, 7) is 2.97. The lowest BCUT2D eigenvalue weighted by Gasteiger charge is -2.20. The van der Waals surface area contributed by atoms with Crippen LogP contribution in [0.3, 0.4) is 0 Å². The second-order valence-electron chi connectivity index (χ2n) is 5.77. The summed E-state index contributed by atoms with van der Waals surface area (Å²) in [5, 5.41) is 13.3. The molecule has 0 aliphatic carbocycles. The van der Waals surface area contributed by atoms with Crippen LogP contribution in [0.25, 0.3) is 0 Å². The van der Waals surface area contributed by atoms with E-state index in [2.05, 4.69) is 24.4 Å². The quantitative estimate of drug-likeness (QED) is 0.773. The Morgan fingerprint density at radius 2 is 1.83 bits per heavy atom. The molecule has 0 aliphatic heterocycles. The molecule has 2 atom stereocenters. The molecule has 0 saturated carbocycles. The molecule has 0 radical (unpaired) electrons. The van der Waals surface area contributed by atoms with E-state index < -0.39 is 0 Å². The first-order chi connectivity index (χ1) is 11.1. The Morgan fingerprint density at radius 1 is 1.13 bits per heavy atom. The van der Waals surface area contributed by atoms with Crippen LogP contribution < -0.4 is 5.32 Å². The first-order valence-corrected chi connectivity index (χ1v) is 8.20. The average molecular weight is 334 g/mol. The fourth-order valence-corrected chi connectivity index (χ4v) is 2.76. The maximum absolute atomic E-state index is 9.07. The van der Waals surface area contributed by atoms with Gasteiger partial charge in [0.25, 0.3) is 0 Å². The third-order valence-electron chi connectivity index (χ3n) is 3.90. The second-order valence-corrected chi connectivity index (χ2v) is 6.20. The van der Waals surface area contributed by atoms with Crippen LogP contribution in [0.15, 0.2) is 48.5 Å². The monoisotopic (exact) mass is 333 g/mol. The van der Waals surface area contributed by atoms with Gasteiger partial charge in [0.05, 0.1) is 12.7 Å². The predicted molar refractivity (Wildman–Crippen MR) is 94.7 cm³/mol. The van der Waals surface area contributed by atoms with E-state index in [4.69, 9.17) is 21.4 Å². The van der Waals surface area contributed by atoms with Crippen molar-refractivity contribution in [3.8, 4) is 0 Å². The molecule has 2 aromatic carbocycles. The Kier molecular flexibility index (Phi) is 7.06. The molecule has 3 nitrogen and oxygen atoms in total. The van der Waals surface area contributed by atoms with Crippen molar-refractivity contribution in [2.45, 2.75) is 32.1 Å². The molecule has 0 spiro atoms. The number of rotatable bonds is 8. The molecular weight excluding hydrogens is 310 g/mol. The number of benzene rings is 2. The Hall–Kier alpha value is -1.39. The first kappa shape index (κ1) is 18.0. The lowest BCUT2D eigenvalue weighted by atomic mass is 10.0. The SMILES string of the molecule is COC(CNC(C)Cc1ccc(CO)cc1)c1cccc(Cl)c1. The predicted octanol–water partition coefficient (Wildman–Crippen LogP) is 3.74. The molecule has 2 rings (SSSR count). The summed E-state index contributed by atoms with van der Waals surface area (Å²) in [7, 11) is 1.71. The van der Waals surface area contributed by atoms with Crippen LogP contribution in [0, 0.1) is 0 Å². The van der Waals surface area contributed by atoms with E-state index in [1.807, 2.05) is 36.4 Å². The number of aliphatic hydroxyl groups excluding tert-OH is 1. The number of hydrogen-bond acceptors (Lipinski definition) is 3. The smallest absolute Gasteiger partial charge is 0.0946 e. The highest BCUT2D eigenvalue weighted by molar-refractivity contribution is 6.30. The van der Waals surface area contributed by atoms with Crippen molar-refractivity contribution in [2.75, 3.05) is 13.7 Å². The van der Waals surface area contributed by atoms with Gasteiger partial charge in [-0.25, -0.2) is 0 Å². The summed E-state index contributed by atoms with van der Waals surface area (Å²) < 4.78 is 5.57. The summed E-state index contributed by atoms with van der Waals surface area (Å²) >= 11 is 6.05. The van der Waals surface area contributed by atoms with Gasteiger partial charge in [0.1, 0.15) is 0 Å². The highest BCUT2D eigenvalue weighted by atomic mass is 35.5. The third kappa shape index (κ3) is 5.63. The van der Waals surface area contributed by atoms with Crippen molar-refractivity contribution >= 4 is 11.6 Å². The molecule has 0 fully saturated rings. The van der Waals surface area contributed by atoms with Gasteiger partial charge in [0.2, 0.25) is 0 Å². The molecule has 2 N–H and O–H groups in total. The summed E-state index contributed by atoms with van der Waals surface area (Å²) in [5.41, 5.74) is 3.26. The van der Waals surface area contributed by atoms with Gasteiger partial charge >= 0.3 is 0 Å². The summed E-state index contributed by atoms with van der Waals surface area (Å²) in [4.78, 5) is 0. The van der Waals surface area contributed by atoms with Gasteiger partial charge in [-0.15, -0.1) is 0 Å². The van der Waals surface area contributed by atoms with Crippen LogP contribution in [0.5, 0.6) is 0 Å². The molecule has 0 bridgehead atoms. The van der Waals surface area contributed by atoms with E-state index in [1.54, 1.807) is 7.11 Å². The van der Waals surface area contributed by atoms with Crippen LogP contribution in [-0.4, -0.2) is 24.8 Å². The fraction of sp³-hybridized carbons (Fsp3) is 0.368. The van der Waals surface area contributed by atoms with Crippen LogP contribution in [0.1, 0.15) is 29.7 Å². The van der Waals surface area contributed by atoms with Crippen molar-refractivity contribution in [3.05, 3.63) is 70.2 Å². The van der Waals surface area contributed by atoms with Crippen LogP contribution in [-0.2, 0) is 17.8 Å². The van der Waals surface area contributed by atoms with Crippen LogP contribution in [0.4, 0.5) is 0 Å². The van der Waals surface area contributed by atoms with E-state index in [-0.39, 0.29) is 12.7 Å².